The molecule has 0 heterocycles. The molecule has 0 saturated carbocycles. The largest absolute Gasteiger partial charge is 0.494 e. The van der Waals surface area contributed by atoms with Crippen molar-refractivity contribution < 1.29 is 13.9 Å². The number of rotatable bonds is 9. The Labute approximate surface area is 137 Å². The molecule has 0 saturated heterocycles. The van der Waals surface area contributed by atoms with E-state index in [9.17, 15) is 4.39 Å². The molecule has 2 aromatic rings. The second-order valence-corrected chi connectivity index (χ2v) is 5.35. The lowest BCUT2D eigenvalue weighted by molar-refractivity contribution is 0.299. The second-order valence-electron chi connectivity index (χ2n) is 5.35. The van der Waals surface area contributed by atoms with Crippen LogP contribution in [0.4, 0.5) is 4.39 Å². The number of hydrogen-bond donors (Lipinski definition) is 1. The normalized spacial score (nSPS) is 12.0. The van der Waals surface area contributed by atoms with Crippen LogP contribution in [0.25, 0.3) is 0 Å². The Hall–Kier alpha value is -2.07. The third kappa shape index (κ3) is 5.25. The third-order valence-electron chi connectivity index (χ3n) is 3.73. The molecule has 0 spiro atoms. The van der Waals surface area contributed by atoms with Crippen LogP contribution in [0.1, 0.15) is 31.2 Å². The lowest BCUT2D eigenvalue weighted by Crippen LogP contribution is -2.15. The van der Waals surface area contributed by atoms with Gasteiger partial charge in [0.1, 0.15) is 17.3 Å². The van der Waals surface area contributed by atoms with E-state index < -0.39 is 0 Å². The molecule has 23 heavy (non-hydrogen) atoms. The molecule has 1 unspecified atom stereocenters. The third-order valence-corrected chi connectivity index (χ3v) is 3.73. The van der Waals surface area contributed by atoms with Gasteiger partial charge in [0.05, 0.1) is 13.2 Å². The first-order valence-corrected chi connectivity index (χ1v) is 8.04. The lowest BCUT2D eigenvalue weighted by atomic mass is 9.94. The summed E-state index contributed by atoms with van der Waals surface area (Å²) in [7, 11) is 0. The van der Waals surface area contributed by atoms with Crippen LogP contribution in [-0.4, -0.2) is 19.8 Å². The zero-order chi connectivity index (χ0) is 16.5. The summed E-state index contributed by atoms with van der Waals surface area (Å²) in [6.07, 6.45) is 1.62. The molecule has 4 heteroatoms. The molecule has 0 amide bonds. The van der Waals surface area contributed by atoms with Gasteiger partial charge in [0, 0.05) is 0 Å². The summed E-state index contributed by atoms with van der Waals surface area (Å²) in [5.74, 6) is 1.49. The van der Waals surface area contributed by atoms with Gasteiger partial charge in [0.15, 0.2) is 0 Å². The van der Waals surface area contributed by atoms with Gasteiger partial charge in [-0.05, 0) is 68.1 Å². The highest BCUT2D eigenvalue weighted by atomic mass is 19.1. The quantitative estimate of drug-likeness (QED) is 0.707. The molecule has 0 fully saturated rings. The fourth-order valence-corrected chi connectivity index (χ4v) is 2.53. The number of benzene rings is 2. The first-order valence-electron chi connectivity index (χ1n) is 8.04. The van der Waals surface area contributed by atoms with E-state index in [1.807, 2.05) is 37.3 Å². The summed E-state index contributed by atoms with van der Waals surface area (Å²) in [4.78, 5) is 0. The monoisotopic (exact) mass is 317 g/mol. The molecule has 0 aliphatic carbocycles. The van der Waals surface area contributed by atoms with Crippen LogP contribution in [0.2, 0.25) is 0 Å². The number of halogens is 1. The van der Waals surface area contributed by atoms with Gasteiger partial charge in [-0.25, -0.2) is 4.39 Å². The maximum absolute atomic E-state index is 13.8. The summed E-state index contributed by atoms with van der Waals surface area (Å²) >= 11 is 0. The minimum atomic E-state index is -0.185. The molecule has 2 aromatic carbocycles. The standard InChI is InChI=1S/C19H24FNO2/c1-2-22-16-9-11-17(12-10-16)23-13-5-6-15(14-21)18-7-3-4-8-19(18)20/h3-4,7-12,15H,2,5-6,13-14,21H2,1H3. The van der Waals surface area contributed by atoms with Crippen molar-refractivity contribution in [3.05, 3.63) is 59.9 Å². The van der Waals surface area contributed by atoms with E-state index in [4.69, 9.17) is 15.2 Å². The summed E-state index contributed by atoms with van der Waals surface area (Å²) in [5.41, 5.74) is 6.48. The van der Waals surface area contributed by atoms with Crippen LogP contribution in [0.5, 0.6) is 11.5 Å². The van der Waals surface area contributed by atoms with Crippen molar-refractivity contribution in [2.24, 2.45) is 5.73 Å². The number of hydrogen-bond acceptors (Lipinski definition) is 3. The van der Waals surface area contributed by atoms with Gasteiger partial charge < -0.3 is 15.2 Å². The van der Waals surface area contributed by atoms with Crippen molar-refractivity contribution >= 4 is 0 Å². The van der Waals surface area contributed by atoms with E-state index in [0.717, 1.165) is 24.3 Å². The van der Waals surface area contributed by atoms with E-state index >= 15 is 0 Å². The summed E-state index contributed by atoms with van der Waals surface area (Å²) in [5, 5.41) is 0. The minimum Gasteiger partial charge on any atom is -0.494 e. The number of nitrogens with two attached hydrogens (primary N) is 1. The zero-order valence-corrected chi connectivity index (χ0v) is 13.5. The Balaban J connectivity index is 1.78. The highest BCUT2D eigenvalue weighted by molar-refractivity contribution is 5.31. The maximum Gasteiger partial charge on any atom is 0.126 e. The first-order chi connectivity index (χ1) is 11.2. The molecule has 0 radical (unpaired) electrons. The van der Waals surface area contributed by atoms with Crippen molar-refractivity contribution in [3.63, 3.8) is 0 Å². The average molecular weight is 317 g/mol. The highest BCUT2D eigenvalue weighted by Crippen LogP contribution is 2.23. The molecule has 3 nitrogen and oxygen atoms in total. The van der Waals surface area contributed by atoms with E-state index in [1.165, 1.54) is 6.07 Å². The first kappa shape index (κ1) is 17.3. The van der Waals surface area contributed by atoms with Crippen LogP contribution in [0.3, 0.4) is 0 Å². The predicted molar refractivity (Wildman–Crippen MR) is 90.5 cm³/mol. The molecule has 0 aliphatic heterocycles. The van der Waals surface area contributed by atoms with Gasteiger partial charge in [-0.1, -0.05) is 18.2 Å². The van der Waals surface area contributed by atoms with Gasteiger partial charge in [-0.2, -0.15) is 0 Å². The Kier molecular flexibility index (Phi) is 6.88. The summed E-state index contributed by atoms with van der Waals surface area (Å²) in [6, 6.07) is 14.4. The Morgan fingerprint density at radius 2 is 1.65 bits per heavy atom. The summed E-state index contributed by atoms with van der Waals surface area (Å²) < 4.78 is 24.9. The minimum absolute atomic E-state index is 0.0279. The van der Waals surface area contributed by atoms with Crippen LogP contribution in [0.15, 0.2) is 48.5 Å². The van der Waals surface area contributed by atoms with Crippen molar-refractivity contribution in [3.8, 4) is 11.5 Å². The fraction of sp³-hybridized carbons (Fsp3) is 0.368. The van der Waals surface area contributed by atoms with Gasteiger partial charge in [-0.3, -0.25) is 0 Å². The molecule has 2 N–H and O–H groups in total. The second kappa shape index (κ2) is 9.16. The highest BCUT2D eigenvalue weighted by Gasteiger charge is 2.13. The smallest absolute Gasteiger partial charge is 0.126 e. The van der Waals surface area contributed by atoms with E-state index in [0.29, 0.717) is 25.3 Å². The molecule has 124 valence electrons. The van der Waals surface area contributed by atoms with Gasteiger partial charge in [0.2, 0.25) is 0 Å². The van der Waals surface area contributed by atoms with Crippen molar-refractivity contribution in [1.82, 2.24) is 0 Å². The Morgan fingerprint density at radius 1 is 1.00 bits per heavy atom. The van der Waals surface area contributed by atoms with E-state index in [1.54, 1.807) is 12.1 Å². The average Bonchev–Trinajstić information content (AvgIpc) is 2.58. The predicted octanol–water partition coefficient (Wildman–Crippen LogP) is 4.13. The van der Waals surface area contributed by atoms with Crippen molar-refractivity contribution in [2.45, 2.75) is 25.7 Å². The molecule has 1 atom stereocenters. The van der Waals surface area contributed by atoms with Crippen LogP contribution < -0.4 is 15.2 Å². The Bertz CT molecular complexity index is 586. The topological polar surface area (TPSA) is 44.5 Å². The molecule has 2 rings (SSSR count). The van der Waals surface area contributed by atoms with Gasteiger partial charge >= 0.3 is 0 Å². The molecular formula is C19H24FNO2. The van der Waals surface area contributed by atoms with E-state index in [2.05, 4.69) is 0 Å². The van der Waals surface area contributed by atoms with Crippen LogP contribution in [0, 0.1) is 5.82 Å². The van der Waals surface area contributed by atoms with Crippen LogP contribution in [-0.2, 0) is 0 Å². The molecule has 0 aliphatic rings. The molecular weight excluding hydrogens is 293 g/mol. The number of ether oxygens (including phenoxy) is 2. The molecule has 0 aromatic heterocycles. The zero-order valence-electron chi connectivity index (χ0n) is 13.5. The van der Waals surface area contributed by atoms with Crippen molar-refractivity contribution in [1.29, 1.82) is 0 Å². The van der Waals surface area contributed by atoms with Crippen molar-refractivity contribution in [2.75, 3.05) is 19.8 Å². The Morgan fingerprint density at radius 3 is 2.26 bits per heavy atom. The van der Waals surface area contributed by atoms with E-state index in [-0.39, 0.29) is 11.7 Å². The van der Waals surface area contributed by atoms with Gasteiger partial charge in [-0.15, -0.1) is 0 Å². The maximum atomic E-state index is 13.8. The van der Waals surface area contributed by atoms with Crippen LogP contribution >= 0.6 is 0 Å². The fourth-order valence-electron chi connectivity index (χ4n) is 2.53. The summed E-state index contributed by atoms with van der Waals surface area (Å²) in [6.45, 7) is 3.62. The van der Waals surface area contributed by atoms with Gasteiger partial charge in [0.25, 0.3) is 0 Å². The lowest BCUT2D eigenvalue weighted by Gasteiger charge is -2.16. The molecule has 0 bridgehead atoms. The SMILES string of the molecule is CCOc1ccc(OCCCC(CN)c2ccccc2F)cc1.